The molecule has 0 radical (unpaired) electrons. The van der Waals surface area contributed by atoms with Gasteiger partial charge in [-0.3, -0.25) is 9.59 Å². The van der Waals surface area contributed by atoms with Gasteiger partial charge in [0.2, 0.25) is 11.8 Å². The number of nitriles is 1. The van der Waals surface area contributed by atoms with Crippen LogP contribution in [0.1, 0.15) is 84.7 Å². The Labute approximate surface area is 214 Å². The molecular formula is C27H40N4O5. The Hall–Kier alpha value is -3.28. The van der Waals surface area contributed by atoms with E-state index >= 15 is 0 Å². The highest BCUT2D eigenvalue weighted by Crippen LogP contribution is 2.31. The van der Waals surface area contributed by atoms with Crippen LogP contribution in [0.4, 0.5) is 4.79 Å². The maximum atomic E-state index is 13.9. The predicted octanol–water partition coefficient (Wildman–Crippen LogP) is 4.17. The summed E-state index contributed by atoms with van der Waals surface area (Å²) in [7, 11) is 0. The highest BCUT2D eigenvalue weighted by molar-refractivity contribution is 5.93. The Morgan fingerprint density at radius 3 is 2.39 bits per heavy atom. The van der Waals surface area contributed by atoms with E-state index in [1.54, 1.807) is 39.0 Å². The number of benzene rings is 1. The third kappa shape index (κ3) is 8.14. The molecule has 3 atom stereocenters. The molecule has 0 bridgehead atoms. The van der Waals surface area contributed by atoms with Crippen molar-refractivity contribution in [3.63, 3.8) is 0 Å². The minimum absolute atomic E-state index is 0.0381. The van der Waals surface area contributed by atoms with Crippen LogP contribution >= 0.6 is 0 Å². The number of ether oxygens (including phenoxy) is 1. The van der Waals surface area contributed by atoms with Gasteiger partial charge in [-0.2, -0.15) is 5.26 Å². The molecule has 198 valence electrons. The summed E-state index contributed by atoms with van der Waals surface area (Å²) >= 11 is 0. The van der Waals surface area contributed by atoms with Gasteiger partial charge in [-0.25, -0.2) is 4.79 Å². The molecule has 1 aromatic rings. The minimum atomic E-state index is -1.24. The molecule has 36 heavy (non-hydrogen) atoms. The lowest BCUT2D eigenvalue weighted by Gasteiger charge is -2.35. The first-order chi connectivity index (χ1) is 17.0. The zero-order chi connectivity index (χ0) is 26.9. The molecule has 1 saturated carbocycles. The average molecular weight is 501 g/mol. The first kappa shape index (κ1) is 29.0. The molecule has 0 heterocycles. The average Bonchev–Trinajstić information content (AvgIpc) is 2.82. The van der Waals surface area contributed by atoms with E-state index < -0.39 is 42.1 Å². The van der Waals surface area contributed by atoms with E-state index in [0.29, 0.717) is 6.42 Å². The van der Waals surface area contributed by atoms with Crippen molar-refractivity contribution in [1.29, 1.82) is 5.26 Å². The fourth-order valence-corrected chi connectivity index (χ4v) is 4.37. The van der Waals surface area contributed by atoms with Crippen LogP contribution in [-0.2, 0) is 14.3 Å². The molecule has 3 N–H and O–H groups in total. The number of hydrogen-bond donors (Lipinski definition) is 3. The number of para-hydroxylation sites is 1. The second-order valence-corrected chi connectivity index (χ2v) is 10.4. The smallest absolute Gasteiger partial charge is 0.408 e. The summed E-state index contributed by atoms with van der Waals surface area (Å²) in [4.78, 5) is 41.2. The van der Waals surface area contributed by atoms with Crippen molar-refractivity contribution < 1.29 is 24.2 Å². The lowest BCUT2D eigenvalue weighted by Crippen LogP contribution is -2.55. The van der Waals surface area contributed by atoms with E-state index in [0.717, 1.165) is 37.0 Å². The fourth-order valence-electron chi connectivity index (χ4n) is 4.37. The van der Waals surface area contributed by atoms with Gasteiger partial charge in [0.25, 0.3) is 0 Å². The fraction of sp³-hybridized carbons (Fsp3) is 0.630. The van der Waals surface area contributed by atoms with Crippen molar-refractivity contribution in [2.45, 2.75) is 96.9 Å². The Morgan fingerprint density at radius 2 is 1.83 bits per heavy atom. The summed E-state index contributed by atoms with van der Waals surface area (Å²) in [6.45, 7) is 8.45. The van der Waals surface area contributed by atoms with E-state index in [1.807, 2.05) is 19.9 Å². The van der Waals surface area contributed by atoms with Gasteiger partial charge in [0.05, 0.1) is 6.07 Å². The number of hydrogen-bond acceptors (Lipinski definition) is 6. The largest absolute Gasteiger partial charge is 0.508 e. The summed E-state index contributed by atoms with van der Waals surface area (Å²) in [5, 5.41) is 25.9. The number of phenolic OH excluding ortho intramolecular Hbond substituents is 1. The van der Waals surface area contributed by atoms with Gasteiger partial charge in [-0.15, -0.1) is 0 Å². The lowest BCUT2D eigenvalue weighted by molar-refractivity contribution is -0.143. The zero-order valence-electron chi connectivity index (χ0n) is 22.0. The number of alkyl carbamates (subject to hydrolysis) is 1. The highest BCUT2D eigenvalue weighted by Gasteiger charge is 2.39. The molecule has 2 rings (SSSR count). The van der Waals surface area contributed by atoms with Gasteiger partial charge in [0.1, 0.15) is 30.0 Å². The van der Waals surface area contributed by atoms with Crippen molar-refractivity contribution >= 4 is 17.9 Å². The van der Waals surface area contributed by atoms with Crippen LogP contribution in [0.2, 0.25) is 0 Å². The van der Waals surface area contributed by atoms with Crippen LogP contribution in [-0.4, -0.2) is 52.1 Å². The Bertz CT molecular complexity index is 946. The first-order valence-electron chi connectivity index (χ1n) is 12.7. The molecule has 3 unspecified atom stereocenters. The normalized spacial score (nSPS) is 16.7. The molecule has 1 aliphatic rings. The van der Waals surface area contributed by atoms with Crippen LogP contribution in [0.3, 0.4) is 0 Å². The Morgan fingerprint density at radius 1 is 1.19 bits per heavy atom. The number of carbonyl (C=O) groups is 3. The number of nitrogens with zero attached hydrogens (tertiary/aromatic N) is 2. The van der Waals surface area contributed by atoms with Crippen LogP contribution in [0.5, 0.6) is 5.75 Å². The first-order valence-corrected chi connectivity index (χ1v) is 12.7. The molecule has 0 saturated heterocycles. The van der Waals surface area contributed by atoms with E-state index in [4.69, 9.17) is 4.74 Å². The third-order valence-corrected chi connectivity index (χ3v) is 6.42. The van der Waals surface area contributed by atoms with Gasteiger partial charge in [-0.05, 0) is 45.6 Å². The molecule has 1 aliphatic carbocycles. The molecule has 1 fully saturated rings. The number of phenols is 1. The summed E-state index contributed by atoms with van der Waals surface area (Å²) < 4.78 is 5.36. The number of rotatable bonds is 9. The Kier molecular flexibility index (Phi) is 10.6. The number of nitrogens with one attached hydrogen (secondary N) is 2. The summed E-state index contributed by atoms with van der Waals surface area (Å²) in [5.74, 6) is -1.52. The van der Waals surface area contributed by atoms with Gasteiger partial charge in [0, 0.05) is 11.6 Å². The molecule has 9 nitrogen and oxygen atoms in total. The predicted molar refractivity (Wildman–Crippen MR) is 136 cm³/mol. The number of carbonyl (C=O) groups excluding carboxylic acids is 3. The molecule has 0 aromatic heterocycles. The van der Waals surface area contributed by atoms with Crippen LogP contribution in [0.15, 0.2) is 24.3 Å². The second kappa shape index (κ2) is 13.1. The van der Waals surface area contributed by atoms with E-state index in [1.165, 1.54) is 6.07 Å². The van der Waals surface area contributed by atoms with Crippen LogP contribution in [0, 0.1) is 17.2 Å². The van der Waals surface area contributed by atoms with E-state index in [-0.39, 0.29) is 23.3 Å². The highest BCUT2D eigenvalue weighted by atomic mass is 16.6. The number of amides is 3. The molecule has 3 amide bonds. The molecule has 0 aliphatic heterocycles. The molecule has 1 aromatic carbocycles. The zero-order valence-corrected chi connectivity index (χ0v) is 22.0. The van der Waals surface area contributed by atoms with Crippen LogP contribution < -0.4 is 10.6 Å². The summed E-state index contributed by atoms with van der Waals surface area (Å²) in [6, 6.07) is 5.96. The quantitative estimate of drug-likeness (QED) is 0.436. The van der Waals surface area contributed by atoms with Gasteiger partial charge < -0.3 is 25.4 Å². The Balaban J connectivity index is 2.46. The number of aromatic hydroxyl groups is 1. The molecule has 0 spiro atoms. The molecular weight excluding hydrogens is 460 g/mol. The van der Waals surface area contributed by atoms with Crippen molar-refractivity contribution in [3.8, 4) is 11.8 Å². The SMILES string of the molecule is CCC(C)C(NC(=O)OC(C)(C)C)C(=O)N(CC#N)C(C(=O)NC1CCCCC1)c1ccccc1O. The van der Waals surface area contributed by atoms with E-state index in [2.05, 4.69) is 10.6 Å². The van der Waals surface area contributed by atoms with Gasteiger partial charge >= 0.3 is 6.09 Å². The van der Waals surface area contributed by atoms with E-state index in [9.17, 15) is 24.8 Å². The lowest BCUT2D eigenvalue weighted by atomic mass is 9.93. The van der Waals surface area contributed by atoms with Crippen molar-refractivity contribution in [3.05, 3.63) is 29.8 Å². The van der Waals surface area contributed by atoms with Gasteiger partial charge in [0.15, 0.2) is 0 Å². The molecule has 9 heteroatoms. The van der Waals surface area contributed by atoms with Crippen molar-refractivity contribution in [2.24, 2.45) is 5.92 Å². The second-order valence-electron chi connectivity index (χ2n) is 10.4. The summed E-state index contributed by atoms with van der Waals surface area (Å²) in [6.07, 6.45) is 4.58. The van der Waals surface area contributed by atoms with Crippen molar-refractivity contribution in [2.75, 3.05) is 6.54 Å². The maximum absolute atomic E-state index is 13.9. The van der Waals surface area contributed by atoms with Gasteiger partial charge in [-0.1, -0.05) is 57.7 Å². The maximum Gasteiger partial charge on any atom is 0.408 e. The standard InChI is InChI=1S/C27H40N4O5/c1-6-18(2)22(30-26(35)36-27(3,4)5)25(34)31(17-16-28)23(20-14-10-11-15-21(20)32)24(33)29-19-12-8-7-9-13-19/h10-11,14-15,18-19,22-23,32H,6-9,12-13,17H2,1-5H3,(H,29,33)(H,30,35). The topological polar surface area (TPSA) is 132 Å². The monoisotopic (exact) mass is 500 g/mol. The summed E-state index contributed by atoms with van der Waals surface area (Å²) in [5.41, 5.74) is -0.549. The third-order valence-electron chi connectivity index (χ3n) is 6.42. The van der Waals surface area contributed by atoms with Crippen LogP contribution in [0.25, 0.3) is 0 Å². The minimum Gasteiger partial charge on any atom is -0.508 e. The van der Waals surface area contributed by atoms with Crippen molar-refractivity contribution in [1.82, 2.24) is 15.5 Å².